The SMILES string of the molecule is C(=C\c1ccccc1)/C(=N/NC1=NCCN1)c1ccccc1. The smallest absolute Gasteiger partial charge is 0.212 e. The van der Waals surface area contributed by atoms with Gasteiger partial charge in [-0.15, -0.1) is 0 Å². The van der Waals surface area contributed by atoms with Crippen LogP contribution in [0.5, 0.6) is 0 Å². The lowest BCUT2D eigenvalue weighted by Crippen LogP contribution is -2.30. The molecule has 3 rings (SSSR count). The van der Waals surface area contributed by atoms with Crippen molar-refractivity contribution < 1.29 is 0 Å². The molecule has 0 unspecified atom stereocenters. The highest BCUT2D eigenvalue weighted by atomic mass is 15.4. The molecule has 0 bridgehead atoms. The topological polar surface area (TPSA) is 48.8 Å². The van der Waals surface area contributed by atoms with Crippen molar-refractivity contribution in [1.29, 1.82) is 0 Å². The van der Waals surface area contributed by atoms with E-state index in [1.54, 1.807) is 0 Å². The van der Waals surface area contributed by atoms with Crippen molar-refractivity contribution in [3.05, 3.63) is 77.9 Å². The maximum Gasteiger partial charge on any atom is 0.212 e. The Morgan fingerprint density at radius 2 is 1.77 bits per heavy atom. The van der Waals surface area contributed by atoms with Gasteiger partial charge in [0.15, 0.2) is 0 Å². The first kappa shape index (κ1) is 14.1. The summed E-state index contributed by atoms with van der Waals surface area (Å²) in [7, 11) is 0. The molecule has 4 heteroatoms. The number of allylic oxidation sites excluding steroid dienone is 1. The van der Waals surface area contributed by atoms with Crippen LogP contribution in [-0.4, -0.2) is 24.8 Å². The molecule has 0 atom stereocenters. The van der Waals surface area contributed by atoms with E-state index in [0.29, 0.717) is 0 Å². The van der Waals surface area contributed by atoms with E-state index in [0.717, 1.165) is 35.9 Å². The van der Waals surface area contributed by atoms with Crippen LogP contribution in [0.1, 0.15) is 11.1 Å². The summed E-state index contributed by atoms with van der Waals surface area (Å²) in [6.45, 7) is 1.65. The second-order valence-electron chi connectivity index (χ2n) is 4.88. The maximum absolute atomic E-state index is 4.48. The highest BCUT2D eigenvalue weighted by Crippen LogP contribution is 2.06. The Labute approximate surface area is 130 Å². The molecule has 0 saturated heterocycles. The highest BCUT2D eigenvalue weighted by molar-refractivity contribution is 6.11. The first-order valence-corrected chi connectivity index (χ1v) is 7.32. The van der Waals surface area contributed by atoms with Crippen LogP contribution in [0.4, 0.5) is 0 Å². The normalized spacial score (nSPS) is 14.7. The Balaban J connectivity index is 1.82. The van der Waals surface area contributed by atoms with Crippen LogP contribution in [0.15, 0.2) is 76.8 Å². The Kier molecular flexibility index (Phi) is 4.62. The average molecular weight is 290 g/mol. The lowest BCUT2D eigenvalue weighted by atomic mass is 10.1. The van der Waals surface area contributed by atoms with Crippen molar-refractivity contribution in [2.24, 2.45) is 10.1 Å². The third-order valence-electron chi connectivity index (χ3n) is 3.26. The molecule has 1 aliphatic heterocycles. The molecule has 110 valence electrons. The molecule has 0 fully saturated rings. The molecule has 4 nitrogen and oxygen atoms in total. The van der Waals surface area contributed by atoms with E-state index in [1.165, 1.54) is 0 Å². The lowest BCUT2D eigenvalue weighted by Gasteiger charge is -2.04. The predicted octanol–water partition coefficient (Wildman–Crippen LogP) is 2.65. The van der Waals surface area contributed by atoms with Gasteiger partial charge in [0.25, 0.3) is 0 Å². The van der Waals surface area contributed by atoms with Gasteiger partial charge in [0.05, 0.1) is 12.3 Å². The fourth-order valence-corrected chi connectivity index (χ4v) is 2.13. The molecule has 1 heterocycles. The van der Waals surface area contributed by atoms with E-state index in [4.69, 9.17) is 0 Å². The molecule has 0 spiro atoms. The molecule has 0 saturated carbocycles. The minimum Gasteiger partial charge on any atom is -0.353 e. The van der Waals surface area contributed by atoms with Crippen molar-refractivity contribution >= 4 is 17.7 Å². The third kappa shape index (κ3) is 3.82. The van der Waals surface area contributed by atoms with Gasteiger partial charge in [0.2, 0.25) is 5.96 Å². The first-order valence-electron chi connectivity index (χ1n) is 7.32. The zero-order chi connectivity index (χ0) is 15.0. The zero-order valence-corrected chi connectivity index (χ0v) is 12.2. The monoisotopic (exact) mass is 290 g/mol. The Hall–Kier alpha value is -2.88. The maximum atomic E-state index is 4.48. The van der Waals surface area contributed by atoms with Crippen LogP contribution >= 0.6 is 0 Å². The standard InChI is InChI=1S/C18H18N4/c1-3-7-15(8-4-1)11-12-17(16-9-5-2-6-10-16)21-22-18-19-13-14-20-18/h1-12H,13-14H2,(H2,19,20,22)/b12-11+,21-17-. The number of guanidine groups is 1. The lowest BCUT2D eigenvalue weighted by molar-refractivity contribution is 0.918. The first-order chi connectivity index (χ1) is 10.9. The molecule has 0 radical (unpaired) electrons. The van der Waals surface area contributed by atoms with E-state index in [1.807, 2.05) is 54.6 Å². The minimum absolute atomic E-state index is 0.724. The molecule has 0 aliphatic carbocycles. The molecule has 22 heavy (non-hydrogen) atoms. The molecule has 2 aromatic rings. The summed E-state index contributed by atoms with van der Waals surface area (Å²) in [5.41, 5.74) is 6.05. The summed E-state index contributed by atoms with van der Waals surface area (Å²) in [5.74, 6) is 0.724. The van der Waals surface area contributed by atoms with Crippen molar-refractivity contribution in [2.45, 2.75) is 0 Å². The number of hydrogen-bond acceptors (Lipinski definition) is 4. The molecule has 0 aromatic heterocycles. The van der Waals surface area contributed by atoms with Gasteiger partial charge in [0.1, 0.15) is 0 Å². The summed E-state index contributed by atoms with van der Waals surface area (Å²) in [6.07, 6.45) is 4.06. The number of benzene rings is 2. The number of hydrogen-bond donors (Lipinski definition) is 2. The van der Waals surface area contributed by atoms with Gasteiger partial charge in [-0.1, -0.05) is 66.7 Å². The summed E-state index contributed by atoms with van der Waals surface area (Å²) < 4.78 is 0. The van der Waals surface area contributed by atoms with E-state index < -0.39 is 0 Å². The van der Waals surface area contributed by atoms with Crippen molar-refractivity contribution in [2.75, 3.05) is 13.1 Å². The van der Waals surface area contributed by atoms with Gasteiger partial charge in [-0.25, -0.2) is 10.4 Å². The van der Waals surface area contributed by atoms with Crippen LogP contribution < -0.4 is 10.7 Å². The van der Waals surface area contributed by atoms with Gasteiger partial charge in [-0.05, 0) is 11.6 Å². The number of nitrogens with one attached hydrogen (secondary N) is 2. The number of aliphatic imine (C=N–C) groups is 1. The minimum atomic E-state index is 0.724. The van der Waals surface area contributed by atoms with Gasteiger partial charge < -0.3 is 5.32 Å². The van der Waals surface area contributed by atoms with Crippen molar-refractivity contribution in [1.82, 2.24) is 10.7 Å². The summed E-state index contributed by atoms with van der Waals surface area (Å²) in [5, 5.41) is 7.62. The summed E-state index contributed by atoms with van der Waals surface area (Å²) in [4.78, 5) is 4.28. The predicted molar refractivity (Wildman–Crippen MR) is 91.9 cm³/mol. The van der Waals surface area contributed by atoms with E-state index in [9.17, 15) is 0 Å². The molecule has 0 amide bonds. The van der Waals surface area contributed by atoms with Crippen molar-refractivity contribution in [3.8, 4) is 0 Å². The molecular weight excluding hydrogens is 272 g/mol. The Morgan fingerprint density at radius 1 is 1.05 bits per heavy atom. The van der Waals surface area contributed by atoms with Gasteiger partial charge in [-0.2, -0.15) is 5.10 Å². The van der Waals surface area contributed by atoms with E-state index >= 15 is 0 Å². The second kappa shape index (κ2) is 7.22. The van der Waals surface area contributed by atoms with Crippen LogP contribution in [0.2, 0.25) is 0 Å². The van der Waals surface area contributed by atoms with Crippen molar-refractivity contribution in [3.63, 3.8) is 0 Å². The largest absolute Gasteiger partial charge is 0.353 e. The summed E-state index contributed by atoms with van der Waals surface area (Å²) >= 11 is 0. The molecule has 2 aromatic carbocycles. The highest BCUT2D eigenvalue weighted by Gasteiger charge is 2.04. The third-order valence-corrected chi connectivity index (χ3v) is 3.26. The zero-order valence-electron chi connectivity index (χ0n) is 12.2. The van der Waals surface area contributed by atoms with Crippen LogP contribution in [0.25, 0.3) is 6.08 Å². The van der Waals surface area contributed by atoms with Crippen LogP contribution in [-0.2, 0) is 0 Å². The van der Waals surface area contributed by atoms with Gasteiger partial charge >= 0.3 is 0 Å². The molecular formula is C18H18N4. The second-order valence-corrected chi connectivity index (χ2v) is 4.88. The fourth-order valence-electron chi connectivity index (χ4n) is 2.13. The van der Waals surface area contributed by atoms with E-state index in [-0.39, 0.29) is 0 Å². The Bertz CT molecular complexity index is 688. The summed E-state index contributed by atoms with van der Waals surface area (Å²) in [6, 6.07) is 20.3. The van der Waals surface area contributed by atoms with Crippen LogP contribution in [0, 0.1) is 0 Å². The molecule has 1 aliphatic rings. The van der Waals surface area contributed by atoms with Gasteiger partial charge in [-0.3, -0.25) is 0 Å². The number of rotatable bonds is 4. The molecule has 2 N–H and O–H groups in total. The van der Waals surface area contributed by atoms with Gasteiger partial charge in [0, 0.05) is 12.1 Å². The number of hydrazone groups is 1. The fraction of sp³-hybridized carbons (Fsp3) is 0.111. The quantitative estimate of drug-likeness (QED) is 0.672. The van der Waals surface area contributed by atoms with Crippen LogP contribution in [0.3, 0.4) is 0 Å². The van der Waals surface area contributed by atoms with E-state index in [2.05, 4.69) is 39.0 Å². The number of nitrogens with zero attached hydrogens (tertiary/aromatic N) is 2. The average Bonchev–Trinajstić information content (AvgIpc) is 3.10. The Morgan fingerprint density at radius 3 is 2.45 bits per heavy atom.